The average molecular weight is 534 g/mol. The zero-order valence-corrected chi connectivity index (χ0v) is 20.8. The Bertz CT molecular complexity index is 1450. The molecule has 1 aliphatic heterocycles. The molecule has 4 aromatic rings. The van der Waals surface area contributed by atoms with E-state index in [1.165, 1.54) is 57.1 Å². The van der Waals surface area contributed by atoms with Crippen LogP contribution in [0.4, 0.5) is 9.52 Å². The number of thiazole rings is 1. The molecular weight excluding hydrogens is 513 g/mol. The molecule has 35 heavy (non-hydrogen) atoms. The van der Waals surface area contributed by atoms with E-state index in [0.29, 0.717) is 33.5 Å². The molecule has 0 unspecified atom stereocenters. The number of para-hydroxylation sites is 1. The Balaban J connectivity index is 1.36. The fourth-order valence-electron chi connectivity index (χ4n) is 4.14. The number of aromatic nitrogens is 1. The second kappa shape index (κ2) is 9.69. The molecule has 2 aromatic carbocycles. The monoisotopic (exact) mass is 533 g/mol. The van der Waals surface area contributed by atoms with Crippen LogP contribution in [0.15, 0.2) is 70.2 Å². The number of sulfonamides is 1. The SMILES string of the molecule is O=C(C1CCN(S(=O)(=O)c2ccc(Cl)cc2)CC1)N(Cc1ccco1)c1nc2c(F)cccc2s1. The first-order valence-electron chi connectivity index (χ1n) is 11.0. The summed E-state index contributed by atoms with van der Waals surface area (Å²) in [4.78, 5) is 19.7. The third-order valence-electron chi connectivity index (χ3n) is 6.00. The number of nitrogens with zero attached hydrogens (tertiary/aromatic N) is 3. The predicted molar refractivity (Wildman–Crippen MR) is 132 cm³/mol. The third-order valence-corrected chi connectivity index (χ3v) is 9.21. The summed E-state index contributed by atoms with van der Waals surface area (Å²) in [7, 11) is -3.68. The molecule has 5 rings (SSSR count). The van der Waals surface area contributed by atoms with Gasteiger partial charge < -0.3 is 4.42 Å². The van der Waals surface area contributed by atoms with Crippen LogP contribution < -0.4 is 4.90 Å². The van der Waals surface area contributed by atoms with Gasteiger partial charge in [0.2, 0.25) is 15.9 Å². The minimum atomic E-state index is -3.68. The first-order chi connectivity index (χ1) is 16.8. The van der Waals surface area contributed by atoms with Gasteiger partial charge in [-0.25, -0.2) is 17.8 Å². The molecule has 0 bridgehead atoms. The number of hydrogen-bond acceptors (Lipinski definition) is 6. The zero-order chi connectivity index (χ0) is 24.6. The van der Waals surface area contributed by atoms with Crippen LogP contribution in [0, 0.1) is 11.7 Å². The van der Waals surface area contributed by atoms with Crippen LogP contribution in [0.1, 0.15) is 18.6 Å². The van der Waals surface area contributed by atoms with Crippen molar-refractivity contribution in [3.8, 4) is 0 Å². The summed E-state index contributed by atoms with van der Waals surface area (Å²) >= 11 is 7.12. The van der Waals surface area contributed by atoms with Gasteiger partial charge in [-0.2, -0.15) is 4.31 Å². The van der Waals surface area contributed by atoms with Gasteiger partial charge in [0, 0.05) is 24.0 Å². The van der Waals surface area contributed by atoms with Crippen molar-refractivity contribution in [2.45, 2.75) is 24.3 Å². The van der Waals surface area contributed by atoms with Gasteiger partial charge in [-0.1, -0.05) is 29.0 Å². The fraction of sp³-hybridized carbons (Fsp3) is 0.250. The molecule has 1 aliphatic rings. The maximum absolute atomic E-state index is 14.3. The quantitative estimate of drug-likeness (QED) is 0.335. The first kappa shape index (κ1) is 23.9. The molecule has 1 amide bonds. The molecule has 7 nitrogen and oxygen atoms in total. The van der Waals surface area contributed by atoms with Crippen LogP contribution in [-0.4, -0.2) is 36.7 Å². The molecule has 0 spiro atoms. The van der Waals surface area contributed by atoms with Crippen molar-refractivity contribution in [2.75, 3.05) is 18.0 Å². The molecular formula is C24H21ClFN3O4S2. The Labute approximate surface area is 210 Å². The highest BCUT2D eigenvalue weighted by Crippen LogP contribution is 2.34. The standard InChI is InChI=1S/C24H21ClFN3O4S2/c25-17-6-8-19(9-7-17)35(31,32)28-12-10-16(11-13-28)23(30)29(15-18-3-2-14-33-18)24-27-22-20(26)4-1-5-21(22)34-24/h1-9,14,16H,10-13,15H2. The molecule has 3 heterocycles. The van der Waals surface area contributed by atoms with E-state index in [-0.39, 0.29) is 36.0 Å². The second-order valence-corrected chi connectivity index (χ2v) is 11.6. The second-order valence-electron chi connectivity index (χ2n) is 8.22. The van der Waals surface area contributed by atoms with Crippen molar-refractivity contribution in [3.63, 3.8) is 0 Å². The highest BCUT2D eigenvalue weighted by Gasteiger charge is 2.35. The Morgan fingerprint density at radius 3 is 2.54 bits per heavy atom. The van der Waals surface area contributed by atoms with Gasteiger partial charge in [0.05, 0.1) is 22.4 Å². The maximum Gasteiger partial charge on any atom is 0.243 e. The van der Waals surface area contributed by atoms with Crippen LogP contribution in [0.2, 0.25) is 5.02 Å². The zero-order valence-electron chi connectivity index (χ0n) is 18.4. The molecule has 0 radical (unpaired) electrons. The fourth-order valence-corrected chi connectivity index (χ4v) is 6.72. The van der Waals surface area contributed by atoms with Crippen molar-refractivity contribution in [3.05, 3.63) is 77.5 Å². The van der Waals surface area contributed by atoms with Crippen molar-refractivity contribution < 1.29 is 22.0 Å². The summed E-state index contributed by atoms with van der Waals surface area (Å²) in [6, 6.07) is 14.2. The van der Waals surface area contributed by atoms with Gasteiger partial charge in [-0.05, 0) is 61.4 Å². The first-order valence-corrected chi connectivity index (χ1v) is 13.6. The smallest absolute Gasteiger partial charge is 0.243 e. The predicted octanol–water partition coefficient (Wildman–Crippen LogP) is 5.32. The number of fused-ring (bicyclic) bond motifs is 1. The molecule has 2 aromatic heterocycles. The lowest BCUT2D eigenvalue weighted by Crippen LogP contribution is -2.44. The molecule has 1 saturated heterocycles. The lowest BCUT2D eigenvalue weighted by molar-refractivity contribution is -0.123. The number of benzene rings is 2. The maximum atomic E-state index is 14.3. The van der Waals surface area contributed by atoms with Gasteiger partial charge in [0.15, 0.2) is 5.13 Å². The van der Waals surface area contributed by atoms with E-state index >= 15 is 0 Å². The van der Waals surface area contributed by atoms with Gasteiger partial charge in [-0.3, -0.25) is 9.69 Å². The number of carbonyl (C=O) groups excluding carboxylic acids is 1. The Morgan fingerprint density at radius 2 is 1.89 bits per heavy atom. The minimum absolute atomic E-state index is 0.149. The van der Waals surface area contributed by atoms with Crippen molar-refractivity contribution in [2.24, 2.45) is 5.92 Å². The molecule has 1 fully saturated rings. The van der Waals surface area contributed by atoms with Crippen molar-refractivity contribution >= 4 is 54.2 Å². The summed E-state index contributed by atoms with van der Waals surface area (Å²) in [5.74, 6) is -0.472. The molecule has 0 atom stereocenters. The largest absolute Gasteiger partial charge is 0.467 e. The highest BCUT2D eigenvalue weighted by atomic mass is 35.5. The average Bonchev–Trinajstić information content (AvgIpc) is 3.53. The van der Waals surface area contributed by atoms with E-state index in [1.54, 1.807) is 24.3 Å². The Kier molecular flexibility index (Phi) is 6.63. The lowest BCUT2D eigenvalue weighted by Gasteiger charge is -2.32. The van der Waals surface area contributed by atoms with Crippen LogP contribution in [0.3, 0.4) is 0 Å². The molecule has 0 aliphatic carbocycles. The van der Waals surface area contributed by atoms with E-state index in [0.717, 1.165) is 0 Å². The number of furan rings is 1. The van der Waals surface area contributed by atoms with Gasteiger partial charge in [0.25, 0.3) is 0 Å². The summed E-state index contributed by atoms with van der Waals surface area (Å²) in [6.45, 7) is 0.575. The Hall–Kier alpha value is -2.79. The topological polar surface area (TPSA) is 83.7 Å². The normalized spacial score (nSPS) is 15.5. The van der Waals surface area contributed by atoms with E-state index in [4.69, 9.17) is 16.0 Å². The Morgan fingerprint density at radius 1 is 1.14 bits per heavy atom. The number of halogens is 2. The number of hydrogen-bond donors (Lipinski definition) is 0. The van der Waals surface area contributed by atoms with Crippen LogP contribution >= 0.6 is 22.9 Å². The van der Waals surface area contributed by atoms with Crippen LogP contribution in [0.5, 0.6) is 0 Å². The van der Waals surface area contributed by atoms with Crippen molar-refractivity contribution in [1.82, 2.24) is 9.29 Å². The summed E-state index contributed by atoms with van der Waals surface area (Å²) in [5, 5.41) is 0.836. The lowest BCUT2D eigenvalue weighted by atomic mass is 9.96. The minimum Gasteiger partial charge on any atom is -0.467 e. The van der Waals surface area contributed by atoms with Gasteiger partial charge in [0.1, 0.15) is 17.1 Å². The third kappa shape index (κ3) is 4.84. The molecule has 0 saturated carbocycles. The molecule has 11 heteroatoms. The number of piperidine rings is 1. The number of carbonyl (C=O) groups is 1. The van der Waals surface area contributed by atoms with Crippen LogP contribution in [0.25, 0.3) is 10.2 Å². The highest BCUT2D eigenvalue weighted by molar-refractivity contribution is 7.89. The van der Waals surface area contributed by atoms with E-state index < -0.39 is 21.8 Å². The molecule has 182 valence electrons. The van der Waals surface area contributed by atoms with Gasteiger partial charge >= 0.3 is 0 Å². The van der Waals surface area contributed by atoms with Crippen molar-refractivity contribution in [1.29, 1.82) is 0 Å². The number of amides is 1. The summed E-state index contributed by atoms with van der Waals surface area (Å²) in [6.07, 6.45) is 2.25. The van der Waals surface area contributed by atoms with Gasteiger partial charge in [-0.15, -0.1) is 0 Å². The summed E-state index contributed by atoms with van der Waals surface area (Å²) < 4.78 is 47.8. The summed E-state index contributed by atoms with van der Waals surface area (Å²) in [5.41, 5.74) is 0.216. The van der Waals surface area contributed by atoms with E-state index in [1.807, 2.05) is 0 Å². The molecule has 0 N–H and O–H groups in total. The number of anilines is 1. The van der Waals surface area contributed by atoms with E-state index in [9.17, 15) is 17.6 Å². The van der Waals surface area contributed by atoms with E-state index in [2.05, 4.69) is 4.98 Å². The number of rotatable bonds is 6. The van der Waals surface area contributed by atoms with Crippen LogP contribution in [-0.2, 0) is 21.4 Å².